The fraction of sp³-hybridized carbons (Fsp3) is 0.958. The van der Waals surface area contributed by atoms with E-state index in [4.69, 9.17) is 0 Å². The predicted octanol–water partition coefficient (Wildman–Crippen LogP) is 9.96. The molecule has 44 atom stereocenters. The van der Waals surface area contributed by atoms with Gasteiger partial charge in [-0.25, -0.2) is 0 Å². The first-order valence-corrected chi connectivity index (χ1v) is 47.3. The molecule has 0 heterocycles. The van der Waals surface area contributed by atoms with E-state index >= 15 is 0 Å². The van der Waals surface area contributed by atoms with Gasteiger partial charge in [0.25, 0.3) is 0 Å². The third-order valence-electron chi connectivity index (χ3n) is 41.3. The molecule has 16 fully saturated rings. The molecule has 16 aliphatic carbocycles. The second-order valence-corrected chi connectivity index (χ2v) is 45.7. The number of carbonyl (C=O) groups is 4. The van der Waals surface area contributed by atoms with Gasteiger partial charge in [-0.3, -0.25) is 0 Å². The number of hydrogen-bond donors (Lipinski definition) is 16. The van der Waals surface area contributed by atoms with Gasteiger partial charge in [-0.05, 0) is 416 Å². The van der Waals surface area contributed by atoms with Crippen LogP contribution < -0.4 is 45.0 Å². The molecular weight excluding hydrogens is 1530 g/mol. The lowest BCUT2D eigenvalue weighted by atomic mass is 9.43. The minimum absolute atomic E-state index is 0. The van der Waals surface area contributed by atoms with Gasteiger partial charge >= 0.3 is 0 Å². The second kappa shape index (κ2) is 38.1. The first-order chi connectivity index (χ1) is 54.3. The van der Waals surface area contributed by atoms with Crippen molar-refractivity contribution in [1.29, 1.82) is 0 Å². The number of fused-ring (bicyclic) bond motifs is 20. The van der Waals surface area contributed by atoms with Crippen LogP contribution in [0.3, 0.4) is 0 Å². The molecule has 120 heavy (non-hydrogen) atoms. The Morgan fingerprint density at radius 1 is 0.267 bits per heavy atom. The van der Waals surface area contributed by atoms with Gasteiger partial charge in [-0.15, -0.1) is 0 Å². The van der Waals surface area contributed by atoms with Crippen molar-refractivity contribution in [1.82, 2.24) is 24.6 Å². The van der Waals surface area contributed by atoms with Crippen molar-refractivity contribution in [3.63, 3.8) is 0 Å². The van der Waals surface area contributed by atoms with Crippen LogP contribution in [0.2, 0.25) is 0 Å². The van der Waals surface area contributed by atoms with E-state index in [1.165, 1.54) is 0 Å². The van der Waals surface area contributed by atoms with Gasteiger partial charge in [0.15, 0.2) is 0 Å². The number of carbonyl (C=O) groups excluding carboxylic acids is 4. The minimum Gasteiger partial charge on any atom is -0.550 e. The summed E-state index contributed by atoms with van der Waals surface area (Å²) in [4.78, 5) is 43.8. The van der Waals surface area contributed by atoms with Gasteiger partial charge in [0.2, 0.25) is 0 Å². The molecule has 24 heteroatoms. The Morgan fingerprint density at radius 3 is 0.608 bits per heavy atom. The topological polar surface area (TPSA) is 549 Å². The monoisotopic (exact) mass is 1700 g/mol. The van der Waals surface area contributed by atoms with E-state index in [1.54, 1.807) is 0 Å². The maximum absolute atomic E-state index is 11.5. The summed E-state index contributed by atoms with van der Waals surface area (Å²) in [5, 5.41) is 175. The predicted molar refractivity (Wildman–Crippen MR) is 454 cm³/mol. The molecule has 16 saturated carbocycles. The molecule has 0 aliphatic heterocycles. The van der Waals surface area contributed by atoms with Gasteiger partial charge < -0.3 is 125 Å². The molecule has 24 nitrogen and oxygen atoms in total. The molecule has 0 bridgehead atoms. The zero-order chi connectivity index (χ0) is 84.5. The lowest BCUT2D eigenvalue weighted by Gasteiger charge is -2.63. The van der Waals surface area contributed by atoms with Crippen LogP contribution in [0.25, 0.3) is 0 Å². The Morgan fingerprint density at radius 2 is 0.442 bits per heavy atom. The molecule has 696 valence electrons. The van der Waals surface area contributed by atoms with Crippen molar-refractivity contribution in [2.24, 2.45) is 185 Å². The second-order valence-electron chi connectivity index (χ2n) is 45.7. The van der Waals surface area contributed by atoms with E-state index in [2.05, 4.69) is 83.1 Å². The van der Waals surface area contributed by atoms with E-state index in [0.717, 1.165) is 180 Å². The Labute approximate surface area is 718 Å². The summed E-state index contributed by atoms with van der Waals surface area (Å²) >= 11 is 0. The Bertz CT molecular complexity index is 3000. The Balaban J connectivity index is 0.000000180. The molecule has 0 radical (unpaired) electrons. The summed E-state index contributed by atoms with van der Waals surface area (Å²) in [5.74, 6) is 2.54. The van der Waals surface area contributed by atoms with Crippen LogP contribution in [0.4, 0.5) is 0 Å². The average molecular weight is 1700 g/mol. The minimum atomic E-state index is -0.998. The number of aliphatic hydroxyl groups is 12. The van der Waals surface area contributed by atoms with Gasteiger partial charge in [0.1, 0.15) is 0 Å². The van der Waals surface area contributed by atoms with Crippen molar-refractivity contribution in [3.8, 4) is 0 Å². The molecule has 0 saturated heterocycles. The lowest BCUT2D eigenvalue weighted by Crippen LogP contribution is -2.62. The highest BCUT2D eigenvalue weighted by Gasteiger charge is 2.71. The maximum Gasteiger partial charge on any atom is 0.0602 e. The number of quaternary nitrogens is 4. The van der Waals surface area contributed by atoms with Crippen molar-refractivity contribution in [3.05, 3.63) is 0 Å². The molecule has 16 rings (SSSR count). The van der Waals surface area contributed by atoms with E-state index in [9.17, 15) is 101 Å². The van der Waals surface area contributed by atoms with Gasteiger partial charge in [0.05, 0.1) is 73.2 Å². The number of rotatable bonds is 16. The summed E-state index contributed by atoms with van der Waals surface area (Å²) in [6.07, 6.45) is 22.9. The van der Waals surface area contributed by atoms with Crippen LogP contribution in [-0.2, 0) is 19.2 Å². The number of aliphatic carboxylic acids is 4. The molecule has 16 aliphatic rings. The highest BCUT2D eigenvalue weighted by atomic mass is 16.4. The quantitative estimate of drug-likeness (QED) is 0.0683. The third-order valence-corrected chi connectivity index (χ3v) is 41.3. The van der Waals surface area contributed by atoms with E-state index in [1.807, 2.05) is 0 Å². The molecule has 0 aromatic rings. The average Bonchev–Trinajstić information content (AvgIpc) is 1.59. The first-order valence-electron chi connectivity index (χ1n) is 47.3. The zero-order valence-electron chi connectivity index (χ0n) is 76.9. The fourth-order valence-electron chi connectivity index (χ4n) is 34.7. The van der Waals surface area contributed by atoms with Crippen LogP contribution in [0.5, 0.6) is 0 Å². The SMILES string of the molecule is CC(CCC(=O)[O-])C1CCC2C3C(O)CC4CC(O)CCC4(C)C3CC(O)C12C.CC(CCC(=O)[O-])C1CCC2C3C(O)CC4CC(O)CCC4(C)C3CC(O)C12C.CC(CCC(=O)[O-])C1CCC2C3C(O)CC4CC(O)CCC4(C)C3CC(O)C12C.CC(CCC(=O)[O-])C1CCC2C3C(O)CC4CC(O)CCC4(C)C3CC(O)C12C.[NH4+].[NH4+].[NH4+].[NH4+]. The van der Waals surface area contributed by atoms with Crippen LogP contribution in [0.1, 0.15) is 314 Å². The fourth-order valence-corrected chi connectivity index (χ4v) is 34.7. The maximum atomic E-state index is 11.5. The summed E-state index contributed by atoms with van der Waals surface area (Å²) < 4.78 is 0. The van der Waals surface area contributed by atoms with Crippen molar-refractivity contribution in [2.45, 2.75) is 387 Å². The van der Waals surface area contributed by atoms with E-state index in [0.29, 0.717) is 73.0 Å². The molecule has 44 unspecified atom stereocenters. The lowest BCUT2D eigenvalue weighted by molar-refractivity contribution is -0.307. The number of aliphatic hydroxyl groups excluding tert-OH is 12. The van der Waals surface area contributed by atoms with E-state index < -0.39 is 48.3 Å². The van der Waals surface area contributed by atoms with Crippen molar-refractivity contribution >= 4 is 23.9 Å². The molecule has 28 N–H and O–H groups in total. The summed E-state index contributed by atoms with van der Waals surface area (Å²) in [6, 6.07) is 0. The van der Waals surface area contributed by atoms with Crippen LogP contribution in [0.15, 0.2) is 0 Å². The molecular formula is C96H172N4O20. The van der Waals surface area contributed by atoms with E-state index in [-0.39, 0.29) is 237 Å². The van der Waals surface area contributed by atoms with Crippen LogP contribution >= 0.6 is 0 Å². The third kappa shape index (κ3) is 17.5. The zero-order valence-corrected chi connectivity index (χ0v) is 76.9. The van der Waals surface area contributed by atoms with Gasteiger partial charge in [-0.2, -0.15) is 0 Å². The molecule has 0 spiro atoms. The highest BCUT2D eigenvalue weighted by Crippen LogP contribution is 2.74. The summed E-state index contributed by atoms with van der Waals surface area (Å²) in [5.41, 5.74) is -0.687. The van der Waals surface area contributed by atoms with Crippen LogP contribution in [0, 0.1) is 185 Å². The molecule has 0 amide bonds. The standard InChI is InChI=1S/4C24H40O5.4H3N/c4*1-13(4-7-21(28)29)16-5-6-17-22-18(12-20(27)24(16,17)3)23(2)9-8-15(25)10-14(23)11-19(22)26;;;;/h4*13-20,22,25-27H,4-12H2,1-3H3,(H,28,29);4*1H3. The van der Waals surface area contributed by atoms with Crippen molar-refractivity contribution in [2.75, 3.05) is 0 Å². The number of hydrogen-bond acceptors (Lipinski definition) is 20. The summed E-state index contributed by atoms with van der Waals surface area (Å²) in [7, 11) is 0. The Hall–Kier alpha value is -2.76. The Kier molecular flexibility index (Phi) is 32.1. The normalized spacial score (nSPS) is 51.1. The summed E-state index contributed by atoms with van der Waals surface area (Å²) in [6.45, 7) is 26.7. The van der Waals surface area contributed by atoms with Crippen LogP contribution in [-0.4, -0.2) is 158 Å². The number of carboxylic acid groups (broad SMARTS) is 4. The van der Waals surface area contributed by atoms with Crippen molar-refractivity contribution < 1.29 is 101 Å². The molecule has 0 aromatic heterocycles. The largest absolute Gasteiger partial charge is 0.550 e. The molecule has 0 aromatic carbocycles. The smallest absolute Gasteiger partial charge is 0.0602 e. The highest BCUT2D eigenvalue weighted by molar-refractivity contribution is 5.65. The number of carboxylic acids is 4. The van der Waals surface area contributed by atoms with Gasteiger partial charge in [-0.1, -0.05) is 83.1 Å². The van der Waals surface area contributed by atoms with Gasteiger partial charge in [0, 0.05) is 23.9 Å². The first kappa shape index (κ1) is 101.